The zero-order valence-corrected chi connectivity index (χ0v) is 89.7. The van der Waals surface area contributed by atoms with E-state index in [1.165, 1.54) is 171 Å². The number of aliphatic imine (C=N–C) groups is 1. The standard InChI is InChI=1S/C5H11N.C5H10O.C5H10S.C4H9N.2C4H8O.C4H8S.2C3H7NO.C3H7N.C3H5N.C3H6O2.C3H6O.23C2H6/c3*1-2-4-6-5-3-1;1-2-4-5-3-1;1-3-4(2)5-3;2*1-2-4-5-3-1;1-2-5-3-4-1;1-2-4-5-3-1;1-3-2-4-3;1-2-4-3-1;1-2-5-3-4-1;1-2-4-3-1;23*1-2/h6H,1-5H2;2*1-5H2;5H,1-4H2;3-4H,1-2H3;2*1-4H2;2*4H,1-3H2;3-4H,2H2,1H3;2H,1,3H2;1-3H2;1-3H2;23*1-2H3. The molecule has 13 aliphatic rings. The van der Waals surface area contributed by atoms with Gasteiger partial charge < -0.3 is 53.9 Å². The molecule has 0 aliphatic carbocycles. The highest BCUT2D eigenvalue weighted by Crippen LogP contribution is 2.18. The van der Waals surface area contributed by atoms with Crippen LogP contribution in [0.3, 0.4) is 0 Å². The van der Waals surface area contributed by atoms with Gasteiger partial charge in [0.1, 0.15) is 6.79 Å². The van der Waals surface area contributed by atoms with Crippen LogP contribution in [0.15, 0.2) is 4.99 Å². The van der Waals surface area contributed by atoms with Crippen molar-refractivity contribution in [2.45, 2.75) is 473 Å². The first kappa shape index (κ1) is 173. The summed E-state index contributed by atoms with van der Waals surface area (Å²) in [5.74, 6) is 5.67. The van der Waals surface area contributed by atoms with Gasteiger partial charge in [-0.3, -0.25) is 10.3 Å². The molecule has 0 aromatic rings. The van der Waals surface area contributed by atoms with E-state index < -0.39 is 0 Å². The lowest BCUT2D eigenvalue weighted by molar-refractivity contribution is 0.0367. The predicted octanol–water partition coefficient (Wildman–Crippen LogP) is 31.2. The molecule has 0 aromatic heterocycles. The van der Waals surface area contributed by atoms with Crippen LogP contribution in [0.4, 0.5) is 0 Å². The van der Waals surface area contributed by atoms with Gasteiger partial charge in [-0.1, -0.05) is 331 Å². The van der Waals surface area contributed by atoms with Crippen LogP contribution >= 0.6 is 23.5 Å². The highest BCUT2D eigenvalue weighted by Gasteiger charge is 2.27. The maximum absolute atomic E-state index is 5.07. The van der Waals surface area contributed by atoms with Crippen molar-refractivity contribution < 1.29 is 38.0 Å². The number of hydroxylamine groups is 1. The Morgan fingerprint density at radius 2 is 0.514 bits per heavy atom. The number of nitrogens with one attached hydrogen (secondary N) is 5. The van der Waals surface area contributed by atoms with E-state index >= 15 is 0 Å². The van der Waals surface area contributed by atoms with Crippen LogP contribution in [0.1, 0.15) is 455 Å². The molecule has 13 heterocycles. The first-order valence-corrected chi connectivity index (χ1v) is 51.5. The first-order valence-electron chi connectivity index (χ1n) is 49.2. The van der Waals surface area contributed by atoms with Crippen LogP contribution in [-0.4, -0.2) is 179 Å². The third-order valence-electron chi connectivity index (χ3n) is 10.5. The van der Waals surface area contributed by atoms with E-state index in [9.17, 15) is 0 Å². The van der Waals surface area contributed by atoms with Gasteiger partial charge >= 0.3 is 0 Å². The number of hydrogen-bond acceptors (Lipinski definition) is 16. The van der Waals surface area contributed by atoms with E-state index in [2.05, 4.69) is 76.0 Å². The third-order valence-corrected chi connectivity index (χ3v) is 12.8. The van der Waals surface area contributed by atoms with E-state index in [0.29, 0.717) is 19.0 Å². The topological polar surface area (TPSA) is 160 Å². The third kappa shape index (κ3) is 304. The number of hydrogen-bond donors (Lipinski definition) is 5. The van der Waals surface area contributed by atoms with E-state index in [4.69, 9.17) is 38.0 Å². The maximum Gasteiger partial charge on any atom is 0.146 e. The molecule has 0 radical (unpaired) electrons. The van der Waals surface area contributed by atoms with Gasteiger partial charge in [0.15, 0.2) is 0 Å². The summed E-state index contributed by atoms with van der Waals surface area (Å²) in [4.78, 5) is 8.49. The molecular weight excluding hydrogens is 1420 g/mol. The first-order chi connectivity index (χ1) is 55.2. The highest BCUT2D eigenvalue weighted by molar-refractivity contribution is 7.99. The summed E-state index contributed by atoms with van der Waals surface area (Å²) >= 11 is 4.17. The SMILES string of the molecule is C1=NCC1.C1CCNC1.C1CCNCC1.C1CCOC1.C1CCOCC1.C1CCSC1.C1CCSCC1.C1CNOC1.C1COC1.C1COCN1.C1COCO1.CC.CC.CC.CC.CC.CC.CC.CC.CC.CC.CC.CC.CC.CC.CC.CC.CC.CC.CC.CC.CC.CC.CC.CC1CN1.CC1OC1C. The van der Waals surface area contributed by atoms with Crippen molar-refractivity contribution in [1.29, 1.82) is 0 Å². The normalized spacial score (nSPS) is 16.9. The Morgan fingerprint density at radius 3 is 0.595 bits per heavy atom. The minimum atomic E-state index is 0.500. The second kappa shape index (κ2) is 283. The van der Waals surface area contributed by atoms with Gasteiger partial charge in [-0.2, -0.15) is 23.5 Å². The lowest BCUT2D eigenvalue weighted by atomic mass is 10.2. The summed E-state index contributed by atoms with van der Waals surface area (Å²) < 4.78 is 33.9. The quantitative estimate of drug-likeness (QED) is 0.146. The summed E-state index contributed by atoms with van der Waals surface area (Å²) in [5.41, 5.74) is 2.72. The number of thioether (sulfide) groups is 2. The molecule has 0 saturated carbocycles. The molecule has 0 spiro atoms. The van der Waals surface area contributed by atoms with Gasteiger partial charge in [0.25, 0.3) is 0 Å². The summed E-state index contributed by atoms with van der Waals surface area (Å²) in [7, 11) is 0. The molecule has 12 saturated heterocycles. The van der Waals surface area contributed by atoms with E-state index in [-0.39, 0.29) is 0 Å². The van der Waals surface area contributed by atoms with Gasteiger partial charge in [-0.25, -0.2) is 5.48 Å². The molecule has 111 heavy (non-hydrogen) atoms. The fourth-order valence-electron chi connectivity index (χ4n) is 5.52. The fraction of sp³-hybridized carbons (Fsp3) is 0.989. The van der Waals surface area contributed by atoms with Crippen LogP contribution in [0.5, 0.6) is 0 Å². The van der Waals surface area contributed by atoms with Gasteiger partial charge in [0.2, 0.25) is 0 Å². The minimum Gasteiger partial charge on any atom is -0.381 e. The summed E-state index contributed by atoms with van der Waals surface area (Å²) in [6, 6.07) is 0.833. The molecule has 13 aliphatic heterocycles. The Bertz CT molecular complexity index is 712. The Hall–Kier alpha value is -0.150. The maximum atomic E-state index is 5.07. The average molecular weight is 1660 g/mol. The lowest BCUT2D eigenvalue weighted by Gasteiger charge is -2.09. The van der Waals surface area contributed by atoms with Crippen LogP contribution in [0.25, 0.3) is 0 Å². The fourth-order valence-corrected chi connectivity index (χ4v) is 7.56. The van der Waals surface area contributed by atoms with Crippen LogP contribution in [-0.2, 0) is 38.0 Å². The van der Waals surface area contributed by atoms with Crippen molar-refractivity contribution in [3.63, 3.8) is 0 Å². The zero-order chi connectivity index (χ0) is 92.5. The van der Waals surface area contributed by atoms with Crippen molar-refractivity contribution in [3.05, 3.63) is 0 Å². The number of piperidine rings is 1. The molecule has 14 nitrogen and oxygen atoms in total. The van der Waals surface area contributed by atoms with Crippen LogP contribution in [0, 0.1) is 0 Å². The molecule has 0 aromatic carbocycles. The molecule has 13 rings (SSSR count). The van der Waals surface area contributed by atoms with Gasteiger partial charge in [-0.05, 0) is 166 Å². The molecule has 5 N–H and O–H groups in total. The molecule has 16 heteroatoms. The Labute approximate surface area is 723 Å². The van der Waals surface area contributed by atoms with E-state index in [0.717, 1.165) is 98.5 Å². The van der Waals surface area contributed by atoms with Crippen molar-refractivity contribution in [3.8, 4) is 0 Å². The van der Waals surface area contributed by atoms with Crippen LogP contribution < -0.4 is 26.7 Å². The van der Waals surface area contributed by atoms with Crippen LogP contribution in [0.2, 0.25) is 0 Å². The summed E-state index contributed by atoms with van der Waals surface area (Å²) in [6.07, 6.45) is 27.5. The number of ether oxygens (including phenoxy) is 7. The smallest absolute Gasteiger partial charge is 0.146 e. The van der Waals surface area contributed by atoms with Gasteiger partial charge in [0, 0.05) is 84.5 Å². The largest absolute Gasteiger partial charge is 0.381 e. The molecule has 12 fully saturated rings. The predicted molar refractivity (Wildman–Crippen MR) is 537 cm³/mol. The minimum absolute atomic E-state index is 0.500. The Kier molecular flexibility index (Phi) is 441. The molecule has 710 valence electrons. The Morgan fingerprint density at radius 1 is 0.270 bits per heavy atom. The summed E-state index contributed by atoms with van der Waals surface area (Å²) in [6.45, 7) is 118. The highest BCUT2D eigenvalue weighted by atomic mass is 32.2. The molecular formula is C95H240N6O8S2. The number of rotatable bonds is 0. The van der Waals surface area contributed by atoms with Gasteiger partial charge in [0.05, 0.1) is 45.4 Å². The van der Waals surface area contributed by atoms with Crippen molar-refractivity contribution in [2.24, 2.45) is 4.99 Å². The second-order valence-corrected chi connectivity index (χ2v) is 19.5. The lowest BCUT2D eigenvalue weighted by Crippen LogP contribution is -2.21. The zero-order valence-electron chi connectivity index (χ0n) is 88.0. The average Bonchev–Trinajstić information content (AvgIpc) is 1.76. The molecule has 3 atom stereocenters. The second-order valence-electron chi connectivity index (χ2n) is 17.0. The van der Waals surface area contributed by atoms with E-state index in [1.54, 1.807) is 0 Å². The Balaban J connectivity index is -0.0000000346. The molecule has 3 unspecified atom stereocenters. The van der Waals surface area contributed by atoms with Gasteiger partial charge in [-0.15, -0.1) is 0 Å². The van der Waals surface area contributed by atoms with E-state index in [1.807, 2.05) is 325 Å². The molecule has 0 amide bonds. The number of epoxide rings is 1. The summed E-state index contributed by atoms with van der Waals surface area (Å²) in [5, 5.41) is 12.6. The van der Waals surface area contributed by atoms with Crippen molar-refractivity contribution >= 4 is 29.7 Å². The van der Waals surface area contributed by atoms with Crippen molar-refractivity contribution in [1.82, 2.24) is 26.7 Å². The van der Waals surface area contributed by atoms with Crippen molar-refractivity contribution in [2.75, 3.05) is 155 Å². The number of nitrogens with zero attached hydrogens (tertiary/aromatic N) is 1. The molecule has 0 bridgehead atoms. The monoisotopic (exact) mass is 1660 g/mol.